The molecule has 0 aliphatic rings. The van der Waals surface area contributed by atoms with Gasteiger partial charge in [-0.2, -0.15) is 0 Å². The monoisotopic (exact) mass is 203 g/mol. The first-order valence-electron chi connectivity index (χ1n) is 5.02. The first-order chi connectivity index (χ1) is 7.14. The lowest BCUT2D eigenvalue weighted by molar-refractivity contribution is 0.223. The number of aliphatic hydroxyl groups excluding tert-OH is 1. The van der Waals surface area contributed by atoms with Crippen LogP contribution in [0.3, 0.4) is 0 Å². The molecule has 80 valence electrons. The minimum Gasteiger partial charge on any atom is -0.394 e. The molecule has 0 bridgehead atoms. The highest BCUT2D eigenvalue weighted by molar-refractivity contribution is 5.78. The van der Waals surface area contributed by atoms with Crippen molar-refractivity contribution in [3.05, 3.63) is 42.0 Å². The zero-order valence-electron chi connectivity index (χ0n) is 9.22. The third-order valence-electron chi connectivity index (χ3n) is 1.99. The molecule has 0 heterocycles. The summed E-state index contributed by atoms with van der Waals surface area (Å²) in [6.45, 7) is 3.84. The van der Waals surface area contributed by atoms with Crippen molar-refractivity contribution < 1.29 is 5.11 Å². The second-order valence-electron chi connectivity index (χ2n) is 4.02. The van der Waals surface area contributed by atoms with E-state index in [0.717, 1.165) is 5.56 Å². The molecule has 0 saturated heterocycles. The maximum absolute atomic E-state index is 8.97. The highest BCUT2D eigenvalue weighted by atomic mass is 16.3. The normalized spacial score (nSPS) is 12.7. The van der Waals surface area contributed by atoms with E-state index in [1.807, 2.05) is 56.3 Å². The zero-order chi connectivity index (χ0) is 11.1. The second kappa shape index (κ2) is 5.47. The van der Waals surface area contributed by atoms with E-state index >= 15 is 0 Å². The highest BCUT2D eigenvalue weighted by Gasteiger charge is 2.11. The smallest absolute Gasteiger partial charge is 0.0781 e. The van der Waals surface area contributed by atoms with Gasteiger partial charge in [0.25, 0.3) is 0 Å². The Bertz CT molecular complexity index is 339. The number of nitrogens with zero attached hydrogens (tertiary/aromatic N) is 1. The molecule has 2 heteroatoms. The van der Waals surface area contributed by atoms with Crippen LogP contribution in [0.25, 0.3) is 6.08 Å². The van der Waals surface area contributed by atoms with E-state index < -0.39 is 0 Å². The number of aliphatic hydroxyl groups is 1. The van der Waals surface area contributed by atoms with Crippen molar-refractivity contribution in [1.82, 2.24) is 0 Å². The van der Waals surface area contributed by atoms with Crippen LogP contribution in [0.1, 0.15) is 19.4 Å². The van der Waals surface area contributed by atoms with Gasteiger partial charge in [-0.25, -0.2) is 0 Å². The van der Waals surface area contributed by atoms with Crippen molar-refractivity contribution in [2.75, 3.05) is 6.61 Å². The van der Waals surface area contributed by atoms with Crippen LogP contribution in [0, 0.1) is 0 Å². The van der Waals surface area contributed by atoms with Crippen LogP contribution in [-0.2, 0) is 0 Å². The summed E-state index contributed by atoms with van der Waals surface area (Å²) >= 11 is 0. The van der Waals surface area contributed by atoms with Crippen LogP contribution in [0.5, 0.6) is 0 Å². The molecule has 0 radical (unpaired) electrons. The predicted molar refractivity (Wildman–Crippen MR) is 65.1 cm³/mol. The lowest BCUT2D eigenvalue weighted by atomic mass is 10.1. The largest absolute Gasteiger partial charge is 0.394 e. The molecule has 1 aromatic rings. The molecule has 0 aliphatic heterocycles. The van der Waals surface area contributed by atoms with Gasteiger partial charge in [-0.3, -0.25) is 4.99 Å². The lowest BCUT2D eigenvalue weighted by Gasteiger charge is -2.14. The number of allylic oxidation sites excluding steroid dienone is 1. The van der Waals surface area contributed by atoms with Gasteiger partial charge >= 0.3 is 0 Å². The van der Waals surface area contributed by atoms with Crippen molar-refractivity contribution in [2.24, 2.45) is 4.99 Å². The van der Waals surface area contributed by atoms with E-state index in [1.165, 1.54) is 0 Å². The molecule has 0 fully saturated rings. The van der Waals surface area contributed by atoms with Crippen molar-refractivity contribution in [3.8, 4) is 0 Å². The Morgan fingerprint density at radius 3 is 2.53 bits per heavy atom. The predicted octanol–water partition coefficient (Wildman–Crippen LogP) is 2.54. The highest BCUT2D eigenvalue weighted by Crippen LogP contribution is 2.06. The fraction of sp³-hybridized carbons (Fsp3) is 0.308. The molecule has 1 rings (SSSR count). The molecule has 0 aromatic heterocycles. The van der Waals surface area contributed by atoms with Crippen LogP contribution >= 0.6 is 0 Å². The van der Waals surface area contributed by atoms with Gasteiger partial charge in [-0.05, 0) is 25.5 Å². The summed E-state index contributed by atoms with van der Waals surface area (Å²) < 4.78 is 0. The van der Waals surface area contributed by atoms with Gasteiger partial charge in [0.2, 0.25) is 0 Å². The lowest BCUT2D eigenvalue weighted by Crippen LogP contribution is -2.21. The topological polar surface area (TPSA) is 32.6 Å². The van der Waals surface area contributed by atoms with Crippen LogP contribution in [0.15, 0.2) is 41.4 Å². The van der Waals surface area contributed by atoms with E-state index in [0.29, 0.717) is 0 Å². The Kier molecular flexibility index (Phi) is 4.25. The van der Waals surface area contributed by atoms with Crippen molar-refractivity contribution in [2.45, 2.75) is 19.4 Å². The Hall–Kier alpha value is -1.41. The fourth-order valence-electron chi connectivity index (χ4n) is 1.00. The molecular formula is C13H17NO. The average Bonchev–Trinajstić information content (AvgIpc) is 2.26. The van der Waals surface area contributed by atoms with E-state index in [-0.39, 0.29) is 12.1 Å². The van der Waals surface area contributed by atoms with E-state index in [1.54, 1.807) is 6.21 Å². The molecule has 0 amide bonds. The average molecular weight is 203 g/mol. The van der Waals surface area contributed by atoms with Crippen LogP contribution < -0.4 is 0 Å². The van der Waals surface area contributed by atoms with E-state index in [2.05, 4.69) is 4.99 Å². The third kappa shape index (κ3) is 4.56. The zero-order valence-corrected chi connectivity index (χ0v) is 9.22. The number of hydrogen-bond donors (Lipinski definition) is 1. The second-order valence-corrected chi connectivity index (χ2v) is 4.02. The number of benzene rings is 1. The molecule has 1 aromatic carbocycles. The molecule has 0 unspecified atom stereocenters. The standard InChI is InChI=1S/C13H17NO/c1-13(2,11-15)14-10-6-9-12-7-4-3-5-8-12/h3-10,15H,11H2,1-2H3. The summed E-state index contributed by atoms with van der Waals surface area (Å²) in [5.41, 5.74) is 0.756. The van der Waals surface area contributed by atoms with Crippen molar-refractivity contribution >= 4 is 12.3 Å². The van der Waals surface area contributed by atoms with Gasteiger partial charge in [0.05, 0.1) is 12.1 Å². The molecule has 15 heavy (non-hydrogen) atoms. The van der Waals surface area contributed by atoms with Gasteiger partial charge in [-0.15, -0.1) is 0 Å². The summed E-state index contributed by atoms with van der Waals surface area (Å²) in [5, 5.41) is 8.97. The number of hydrogen-bond acceptors (Lipinski definition) is 2. The maximum atomic E-state index is 8.97. The van der Waals surface area contributed by atoms with E-state index in [9.17, 15) is 0 Å². The van der Waals surface area contributed by atoms with Crippen LogP contribution in [-0.4, -0.2) is 23.5 Å². The van der Waals surface area contributed by atoms with Crippen molar-refractivity contribution in [1.29, 1.82) is 0 Å². The minimum atomic E-state index is -0.388. The minimum absolute atomic E-state index is 0.0582. The summed E-state index contributed by atoms with van der Waals surface area (Å²) in [4.78, 5) is 4.23. The molecule has 2 nitrogen and oxygen atoms in total. The Balaban J connectivity index is 2.54. The van der Waals surface area contributed by atoms with Crippen LogP contribution in [0.2, 0.25) is 0 Å². The fourth-order valence-corrected chi connectivity index (χ4v) is 1.00. The number of aliphatic imine (C=N–C) groups is 1. The SMILES string of the molecule is CC(C)(CO)N=CC=Cc1ccccc1. The first kappa shape index (κ1) is 11.7. The van der Waals surface area contributed by atoms with Gasteiger partial charge in [0.15, 0.2) is 0 Å². The molecule has 1 N–H and O–H groups in total. The summed E-state index contributed by atoms with van der Waals surface area (Å²) in [7, 11) is 0. The molecule has 0 spiro atoms. The van der Waals surface area contributed by atoms with Gasteiger partial charge in [0, 0.05) is 6.21 Å². The Morgan fingerprint density at radius 1 is 1.27 bits per heavy atom. The van der Waals surface area contributed by atoms with Gasteiger partial charge < -0.3 is 5.11 Å². The van der Waals surface area contributed by atoms with Crippen LogP contribution in [0.4, 0.5) is 0 Å². The molecular weight excluding hydrogens is 186 g/mol. The summed E-state index contributed by atoms with van der Waals surface area (Å²) in [5.74, 6) is 0. The Labute approximate surface area is 91.0 Å². The first-order valence-corrected chi connectivity index (χ1v) is 5.02. The summed E-state index contributed by atoms with van der Waals surface area (Å²) in [6, 6.07) is 10.0. The summed E-state index contributed by atoms with van der Waals surface area (Å²) in [6.07, 6.45) is 5.59. The molecule has 0 atom stereocenters. The quantitative estimate of drug-likeness (QED) is 0.749. The molecule has 0 aliphatic carbocycles. The maximum Gasteiger partial charge on any atom is 0.0781 e. The third-order valence-corrected chi connectivity index (χ3v) is 1.99. The van der Waals surface area contributed by atoms with Gasteiger partial charge in [0.1, 0.15) is 0 Å². The van der Waals surface area contributed by atoms with Gasteiger partial charge in [-0.1, -0.05) is 36.4 Å². The molecule has 0 saturated carbocycles. The van der Waals surface area contributed by atoms with E-state index in [4.69, 9.17) is 5.11 Å². The number of rotatable bonds is 4. The van der Waals surface area contributed by atoms with Crippen molar-refractivity contribution in [3.63, 3.8) is 0 Å². The Morgan fingerprint density at radius 2 is 1.93 bits per heavy atom.